The molecule has 0 unspecified atom stereocenters. The monoisotopic (exact) mass is 461 g/mol. The first-order chi connectivity index (χ1) is 15.5. The Morgan fingerprint density at radius 2 is 1.97 bits per heavy atom. The van der Waals surface area contributed by atoms with Gasteiger partial charge in [-0.3, -0.25) is 14.6 Å². The smallest absolute Gasteiger partial charge is 0.260 e. The number of fused-ring (bicyclic) bond motifs is 1. The van der Waals surface area contributed by atoms with Gasteiger partial charge in [0.05, 0.1) is 24.5 Å². The van der Waals surface area contributed by atoms with E-state index in [9.17, 15) is 13.6 Å². The Balaban J connectivity index is 1.58. The molecule has 6 nitrogen and oxygen atoms in total. The summed E-state index contributed by atoms with van der Waals surface area (Å²) < 4.78 is 39.1. The largest absolute Gasteiger partial charge is 0.494 e. The first-order valence-electron chi connectivity index (χ1n) is 10.7. The molecule has 1 aliphatic heterocycles. The van der Waals surface area contributed by atoms with Crippen LogP contribution in [0.2, 0.25) is 0 Å². The summed E-state index contributed by atoms with van der Waals surface area (Å²) in [5.41, 5.74) is 0.551. The second kappa shape index (κ2) is 10.3. The van der Waals surface area contributed by atoms with Crippen molar-refractivity contribution in [3.05, 3.63) is 53.6 Å². The lowest BCUT2D eigenvalue weighted by molar-refractivity contribution is 0.0376. The summed E-state index contributed by atoms with van der Waals surface area (Å²) in [6.07, 6.45) is 0.718. The summed E-state index contributed by atoms with van der Waals surface area (Å²) in [4.78, 5) is 21.6. The fourth-order valence-corrected chi connectivity index (χ4v) is 4.67. The van der Waals surface area contributed by atoms with Gasteiger partial charge < -0.3 is 9.47 Å². The van der Waals surface area contributed by atoms with Crippen molar-refractivity contribution < 1.29 is 23.0 Å². The van der Waals surface area contributed by atoms with E-state index in [-0.39, 0.29) is 11.4 Å². The van der Waals surface area contributed by atoms with Crippen LogP contribution in [0.15, 0.2) is 36.4 Å². The number of carbonyl (C=O) groups excluding carboxylic acids is 1. The third-order valence-electron chi connectivity index (χ3n) is 5.25. The Kier molecular flexibility index (Phi) is 7.29. The zero-order chi connectivity index (χ0) is 22.5. The number of anilines is 1. The van der Waals surface area contributed by atoms with Gasteiger partial charge in [-0.15, -0.1) is 0 Å². The minimum absolute atomic E-state index is 0.0732. The van der Waals surface area contributed by atoms with Gasteiger partial charge >= 0.3 is 0 Å². The quantitative estimate of drug-likeness (QED) is 0.500. The number of amides is 1. The van der Waals surface area contributed by atoms with Crippen LogP contribution >= 0.6 is 11.3 Å². The molecule has 0 saturated carbocycles. The van der Waals surface area contributed by atoms with Crippen LogP contribution in [-0.2, 0) is 4.74 Å². The molecule has 3 aromatic rings. The molecule has 0 atom stereocenters. The number of halogens is 2. The molecule has 1 saturated heterocycles. The highest BCUT2D eigenvalue weighted by molar-refractivity contribution is 7.22. The molecule has 4 rings (SSSR count). The summed E-state index contributed by atoms with van der Waals surface area (Å²) in [7, 11) is 0. The number of ether oxygens (including phenoxy) is 2. The molecule has 1 aromatic heterocycles. The average molecular weight is 462 g/mol. The minimum atomic E-state index is -0.732. The van der Waals surface area contributed by atoms with Crippen LogP contribution in [0.5, 0.6) is 5.75 Å². The zero-order valence-corrected chi connectivity index (χ0v) is 18.7. The lowest BCUT2D eigenvalue weighted by Crippen LogP contribution is -2.39. The maximum absolute atomic E-state index is 14.2. The molecular formula is C23H25F2N3O3S. The number of aromatic nitrogens is 1. The summed E-state index contributed by atoms with van der Waals surface area (Å²) in [5, 5.41) is 0.352. The van der Waals surface area contributed by atoms with Crippen LogP contribution in [0, 0.1) is 11.6 Å². The van der Waals surface area contributed by atoms with E-state index in [0.717, 1.165) is 43.5 Å². The maximum Gasteiger partial charge on any atom is 0.260 e. The van der Waals surface area contributed by atoms with Crippen molar-refractivity contribution in [3.63, 3.8) is 0 Å². The number of nitrogens with zero attached hydrogens (tertiary/aromatic N) is 3. The molecule has 2 heterocycles. The SMILES string of the molecule is CCOc1ccc(C(=O)N(CCCN2CCOCC2)c2nc3c(F)cc(F)cc3s2)cc1. The zero-order valence-electron chi connectivity index (χ0n) is 17.9. The van der Waals surface area contributed by atoms with Gasteiger partial charge in [-0.25, -0.2) is 13.8 Å². The summed E-state index contributed by atoms with van der Waals surface area (Å²) >= 11 is 1.11. The maximum atomic E-state index is 14.2. The van der Waals surface area contributed by atoms with Gasteiger partial charge in [-0.2, -0.15) is 0 Å². The third kappa shape index (κ3) is 5.23. The molecule has 0 N–H and O–H groups in total. The van der Waals surface area contributed by atoms with Crippen LogP contribution in [0.3, 0.4) is 0 Å². The van der Waals surface area contributed by atoms with E-state index < -0.39 is 11.6 Å². The highest BCUT2D eigenvalue weighted by Gasteiger charge is 2.23. The summed E-state index contributed by atoms with van der Waals surface area (Å²) in [6, 6.07) is 8.95. The Morgan fingerprint density at radius 1 is 1.22 bits per heavy atom. The standard InChI is InChI=1S/C23H25F2N3O3S/c1-2-31-18-6-4-16(5-7-18)22(29)28(9-3-8-27-10-12-30-13-11-27)23-26-21-19(25)14-17(24)15-20(21)32-23/h4-7,14-15H,2-3,8-13H2,1H3. The predicted molar refractivity (Wildman–Crippen MR) is 121 cm³/mol. The number of rotatable bonds is 8. The van der Waals surface area contributed by atoms with Gasteiger partial charge in [-0.05, 0) is 43.7 Å². The van der Waals surface area contributed by atoms with E-state index in [1.165, 1.54) is 6.07 Å². The topological polar surface area (TPSA) is 54.9 Å². The number of hydrogen-bond donors (Lipinski definition) is 0. The van der Waals surface area contributed by atoms with Crippen molar-refractivity contribution in [2.75, 3.05) is 50.9 Å². The average Bonchev–Trinajstić information content (AvgIpc) is 3.22. The normalized spacial score (nSPS) is 14.6. The molecular weight excluding hydrogens is 436 g/mol. The molecule has 32 heavy (non-hydrogen) atoms. The van der Waals surface area contributed by atoms with Crippen molar-refractivity contribution in [2.45, 2.75) is 13.3 Å². The first kappa shape index (κ1) is 22.6. The second-order valence-electron chi connectivity index (χ2n) is 7.45. The Labute approximate surface area is 189 Å². The van der Waals surface area contributed by atoms with Crippen molar-refractivity contribution >= 4 is 32.6 Å². The minimum Gasteiger partial charge on any atom is -0.494 e. The number of thiazole rings is 1. The fourth-order valence-electron chi connectivity index (χ4n) is 3.64. The highest BCUT2D eigenvalue weighted by atomic mass is 32.1. The lowest BCUT2D eigenvalue weighted by Gasteiger charge is -2.27. The molecule has 2 aromatic carbocycles. The molecule has 0 aliphatic carbocycles. The second-order valence-corrected chi connectivity index (χ2v) is 8.46. The van der Waals surface area contributed by atoms with Crippen molar-refractivity contribution in [1.82, 2.24) is 9.88 Å². The number of morpholine rings is 1. The van der Waals surface area contributed by atoms with Crippen LogP contribution < -0.4 is 9.64 Å². The van der Waals surface area contributed by atoms with Gasteiger partial charge in [-0.1, -0.05) is 11.3 Å². The van der Waals surface area contributed by atoms with E-state index in [4.69, 9.17) is 9.47 Å². The van der Waals surface area contributed by atoms with E-state index in [2.05, 4.69) is 9.88 Å². The molecule has 1 amide bonds. The Hall–Kier alpha value is -2.62. The third-order valence-corrected chi connectivity index (χ3v) is 6.28. The van der Waals surface area contributed by atoms with E-state index in [0.29, 0.717) is 47.5 Å². The molecule has 0 radical (unpaired) electrons. The van der Waals surface area contributed by atoms with Crippen LogP contribution in [0.1, 0.15) is 23.7 Å². The molecule has 1 aliphatic rings. The molecule has 0 bridgehead atoms. The van der Waals surface area contributed by atoms with Crippen molar-refractivity contribution in [2.24, 2.45) is 0 Å². The fraction of sp³-hybridized carbons (Fsp3) is 0.391. The number of benzene rings is 2. The molecule has 9 heteroatoms. The van der Waals surface area contributed by atoms with Gasteiger partial charge in [0.25, 0.3) is 5.91 Å². The van der Waals surface area contributed by atoms with E-state index in [1.54, 1.807) is 29.2 Å². The van der Waals surface area contributed by atoms with Gasteiger partial charge in [0.15, 0.2) is 10.9 Å². The lowest BCUT2D eigenvalue weighted by atomic mass is 10.2. The van der Waals surface area contributed by atoms with Gasteiger partial charge in [0, 0.05) is 37.8 Å². The van der Waals surface area contributed by atoms with E-state index in [1.807, 2.05) is 6.92 Å². The highest BCUT2D eigenvalue weighted by Crippen LogP contribution is 2.32. The first-order valence-corrected chi connectivity index (χ1v) is 11.5. The molecule has 0 spiro atoms. The Morgan fingerprint density at radius 3 is 2.69 bits per heavy atom. The van der Waals surface area contributed by atoms with Gasteiger partial charge in [0.1, 0.15) is 17.1 Å². The van der Waals surface area contributed by atoms with Gasteiger partial charge in [0.2, 0.25) is 0 Å². The predicted octanol–water partition coefficient (Wildman–Crippen LogP) is 4.34. The van der Waals surface area contributed by atoms with Crippen LogP contribution in [-0.4, -0.2) is 61.8 Å². The summed E-state index contributed by atoms with van der Waals surface area (Å²) in [5.74, 6) is -0.957. The molecule has 1 fully saturated rings. The van der Waals surface area contributed by atoms with Crippen LogP contribution in [0.4, 0.5) is 13.9 Å². The number of hydrogen-bond acceptors (Lipinski definition) is 6. The Bertz CT molecular complexity index is 1070. The summed E-state index contributed by atoms with van der Waals surface area (Å²) in [6.45, 7) is 6.78. The van der Waals surface area contributed by atoms with Crippen molar-refractivity contribution in [3.8, 4) is 5.75 Å². The van der Waals surface area contributed by atoms with Crippen molar-refractivity contribution in [1.29, 1.82) is 0 Å². The number of carbonyl (C=O) groups is 1. The molecule has 170 valence electrons. The van der Waals surface area contributed by atoms with E-state index >= 15 is 0 Å². The van der Waals surface area contributed by atoms with Crippen LogP contribution in [0.25, 0.3) is 10.2 Å².